The van der Waals surface area contributed by atoms with E-state index < -0.39 is 0 Å². The smallest absolute Gasteiger partial charge is 0.121 e. The van der Waals surface area contributed by atoms with Gasteiger partial charge in [-0.25, -0.2) is 0 Å². The first-order chi connectivity index (χ1) is 8.58. The van der Waals surface area contributed by atoms with Crippen LogP contribution in [0.15, 0.2) is 18.2 Å². The Labute approximate surface area is 109 Å². The van der Waals surface area contributed by atoms with Crippen LogP contribution < -0.4 is 9.64 Å². The predicted octanol–water partition coefficient (Wildman–Crippen LogP) is 2.43. The molecule has 0 aliphatic heterocycles. The summed E-state index contributed by atoms with van der Waals surface area (Å²) in [5.41, 5.74) is 1.51. The Hall–Kier alpha value is -1.73. The Bertz CT molecular complexity index is 424. The zero-order valence-corrected chi connectivity index (χ0v) is 11.4. The van der Waals surface area contributed by atoms with Crippen LogP contribution in [0.3, 0.4) is 0 Å². The second kappa shape index (κ2) is 6.87. The lowest BCUT2D eigenvalue weighted by atomic mass is 10.1. The van der Waals surface area contributed by atoms with Gasteiger partial charge in [0.2, 0.25) is 0 Å². The minimum absolute atomic E-state index is 0.221. The summed E-state index contributed by atoms with van der Waals surface area (Å²) in [5.74, 6) is 0.751. The van der Waals surface area contributed by atoms with Gasteiger partial charge in [-0.1, -0.05) is 0 Å². The van der Waals surface area contributed by atoms with E-state index in [1.165, 1.54) is 0 Å². The molecule has 0 aromatic heterocycles. The summed E-state index contributed by atoms with van der Waals surface area (Å²) in [4.78, 5) is 2.00. The van der Waals surface area contributed by atoms with Gasteiger partial charge in [0.15, 0.2) is 0 Å². The third kappa shape index (κ3) is 3.94. The Balaban J connectivity index is 2.77. The van der Waals surface area contributed by atoms with Gasteiger partial charge in [0.05, 0.1) is 31.1 Å². The maximum Gasteiger partial charge on any atom is 0.121 e. The van der Waals surface area contributed by atoms with Gasteiger partial charge in [-0.2, -0.15) is 5.26 Å². The van der Waals surface area contributed by atoms with E-state index >= 15 is 0 Å². The highest BCUT2D eigenvalue weighted by atomic mass is 16.5. The lowest BCUT2D eigenvalue weighted by Gasteiger charge is -2.21. The number of anilines is 1. The zero-order chi connectivity index (χ0) is 13.5. The van der Waals surface area contributed by atoms with Crippen molar-refractivity contribution in [2.75, 3.05) is 32.2 Å². The Morgan fingerprint density at radius 2 is 2.11 bits per heavy atom. The third-order valence-electron chi connectivity index (χ3n) is 2.61. The summed E-state index contributed by atoms with van der Waals surface area (Å²) in [6, 6.07) is 7.62. The topological polar surface area (TPSA) is 45.5 Å². The summed E-state index contributed by atoms with van der Waals surface area (Å²) >= 11 is 0. The highest BCUT2D eigenvalue weighted by Gasteiger charge is 2.09. The summed E-state index contributed by atoms with van der Waals surface area (Å²) in [7, 11) is 3.56. The minimum atomic E-state index is 0.221. The average Bonchev–Trinajstić information content (AvgIpc) is 2.37. The molecule has 0 atom stereocenters. The summed E-state index contributed by atoms with van der Waals surface area (Å²) < 4.78 is 10.7. The molecule has 18 heavy (non-hydrogen) atoms. The van der Waals surface area contributed by atoms with Crippen LogP contribution >= 0.6 is 0 Å². The van der Waals surface area contributed by atoms with Crippen molar-refractivity contribution in [3.8, 4) is 11.8 Å². The fourth-order valence-electron chi connectivity index (χ4n) is 1.59. The van der Waals surface area contributed by atoms with Crippen molar-refractivity contribution in [1.82, 2.24) is 0 Å². The second-order valence-corrected chi connectivity index (χ2v) is 4.34. The fourth-order valence-corrected chi connectivity index (χ4v) is 1.59. The molecule has 4 nitrogen and oxygen atoms in total. The van der Waals surface area contributed by atoms with Gasteiger partial charge in [0.1, 0.15) is 11.8 Å². The molecular weight excluding hydrogens is 228 g/mol. The summed E-state index contributed by atoms with van der Waals surface area (Å²) in [6.45, 7) is 5.38. The van der Waals surface area contributed by atoms with Crippen molar-refractivity contribution in [3.63, 3.8) is 0 Å². The van der Waals surface area contributed by atoms with Crippen molar-refractivity contribution in [2.24, 2.45) is 0 Å². The molecule has 0 radical (unpaired) electrons. The van der Waals surface area contributed by atoms with E-state index in [0.717, 1.165) is 18.0 Å². The maximum absolute atomic E-state index is 9.10. The number of nitrogens with zero attached hydrogens (tertiary/aromatic N) is 2. The Morgan fingerprint density at radius 3 is 2.67 bits per heavy atom. The second-order valence-electron chi connectivity index (χ2n) is 4.34. The quantitative estimate of drug-likeness (QED) is 0.775. The molecule has 0 saturated heterocycles. The van der Waals surface area contributed by atoms with E-state index in [4.69, 9.17) is 14.7 Å². The number of benzene rings is 1. The summed E-state index contributed by atoms with van der Waals surface area (Å²) in [6.07, 6.45) is 0.221. The van der Waals surface area contributed by atoms with E-state index in [1.54, 1.807) is 19.2 Å². The number of hydrogen-bond acceptors (Lipinski definition) is 4. The number of methoxy groups -OCH3 is 1. The van der Waals surface area contributed by atoms with Crippen molar-refractivity contribution in [2.45, 2.75) is 20.0 Å². The number of rotatable bonds is 6. The molecule has 4 heteroatoms. The average molecular weight is 248 g/mol. The zero-order valence-electron chi connectivity index (χ0n) is 11.4. The van der Waals surface area contributed by atoms with E-state index in [0.29, 0.717) is 12.2 Å². The molecule has 0 N–H and O–H groups in total. The molecule has 98 valence electrons. The SMILES string of the molecule is COc1ccc(C#N)c(N(C)CCOC(C)C)c1. The molecule has 1 aromatic rings. The van der Waals surface area contributed by atoms with Gasteiger partial charge in [-0.3, -0.25) is 0 Å². The normalized spacial score (nSPS) is 10.2. The van der Waals surface area contributed by atoms with Crippen LogP contribution in [0, 0.1) is 11.3 Å². The standard InChI is InChI=1S/C14H20N2O2/c1-11(2)18-8-7-16(3)14-9-13(17-4)6-5-12(14)10-15/h5-6,9,11H,7-8H2,1-4H3. The fraction of sp³-hybridized carbons (Fsp3) is 0.500. The molecule has 0 fully saturated rings. The van der Waals surface area contributed by atoms with Gasteiger partial charge in [-0.05, 0) is 26.0 Å². The third-order valence-corrected chi connectivity index (χ3v) is 2.61. The molecule has 0 unspecified atom stereocenters. The Morgan fingerprint density at radius 1 is 1.39 bits per heavy atom. The predicted molar refractivity (Wildman–Crippen MR) is 72.1 cm³/mol. The summed E-state index contributed by atoms with van der Waals surface area (Å²) in [5, 5.41) is 9.10. The first-order valence-electron chi connectivity index (χ1n) is 5.99. The van der Waals surface area contributed by atoms with Gasteiger partial charge < -0.3 is 14.4 Å². The van der Waals surface area contributed by atoms with Gasteiger partial charge >= 0.3 is 0 Å². The lowest BCUT2D eigenvalue weighted by Crippen LogP contribution is -2.24. The lowest BCUT2D eigenvalue weighted by molar-refractivity contribution is 0.0846. The first kappa shape index (κ1) is 14.3. The molecule has 0 bridgehead atoms. The van der Waals surface area contributed by atoms with Crippen LogP contribution in [0.1, 0.15) is 19.4 Å². The van der Waals surface area contributed by atoms with Crippen LogP contribution in [0.25, 0.3) is 0 Å². The van der Waals surface area contributed by atoms with Crippen molar-refractivity contribution in [3.05, 3.63) is 23.8 Å². The highest BCUT2D eigenvalue weighted by Crippen LogP contribution is 2.24. The molecule has 0 amide bonds. The molecule has 0 aliphatic carbocycles. The van der Waals surface area contributed by atoms with Crippen LogP contribution in [-0.4, -0.2) is 33.4 Å². The largest absolute Gasteiger partial charge is 0.497 e. The number of likely N-dealkylation sites (N-methyl/N-ethyl adjacent to an activating group) is 1. The molecular formula is C14H20N2O2. The van der Waals surface area contributed by atoms with E-state index in [2.05, 4.69) is 6.07 Å². The monoisotopic (exact) mass is 248 g/mol. The number of hydrogen-bond donors (Lipinski definition) is 0. The van der Waals surface area contributed by atoms with Crippen LogP contribution in [-0.2, 0) is 4.74 Å². The number of ether oxygens (including phenoxy) is 2. The van der Waals surface area contributed by atoms with Crippen molar-refractivity contribution >= 4 is 5.69 Å². The van der Waals surface area contributed by atoms with Crippen molar-refractivity contribution < 1.29 is 9.47 Å². The highest BCUT2D eigenvalue weighted by molar-refractivity contribution is 5.61. The maximum atomic E-state index is 9.10. The van der Waals surface area contributed by atoms with Gasteiger partial charge in [0.25, 0.3) is 0 Å². The number of nitriles is 1. The molecule has 0 saturated carbocycles. The molecule has 0 heterocycles. The molecule has 0 spiro atoms. The Kier molecular flexibility index (Phi) is 5.47. The van der Waals surface area contributed by atoms with Crippen LogP contribution in [0.4, 0.5) is 5.69 Å². The van der Waals surface area contributed by atoms with Gasteiger partial charge in [-0.15, -0.1) is 0 Å². The molecule has 0 aliphatic rings. The minimum Gasteiger partial charge on any atom is -0.497 e. The van der Waals surface area contributed by atoms with E-state index in [9.17, 15) is 0 Å². The van der Waals surface area contributed by atoms with E-state index in [1.807, 2.05) is 31.9 Å². The van der Waals surface area contributed by atoms with E-state index in [-0.39, 0.29) is 6.10 Å². The molecule has 1 aromatic carbocycles. The van der Waals surface area contributed by atoms with Gasteiger partial charge in [0, 0.05) is 19.7 Å². The van der Waals surface area contributed by atoms with Crippen molar-refractivity contribution in [1.29, 1.82) is 5.26 Å². The van der Waals surface area contributed by atoms with Crippen LogP contribution in [0.2, 0.25) is 0 Å². The van der Waals surface area contributed by atoms with Crippen LogP contribution in [0.5, 0.6) is 5.75 Å². The first-order valence-corrected chi connectivity index (χ1v) is 5.99. The molecule has 1 rings (SSSR count).